The molecule has 0 saturated heterocycles. The number of ketones is 1. The summed E-state index contributed by atoms with van der Waals surface area (Å²) in [6, 6.07) is 9.14. The van der Waals surface area contributed by atoms with Gasteiger partial charge in [0.15, 0.2) is 5.56 Å². The largest absolute Gasteiger partial charge is 0.425 e. The number of nitro benzene ring substituents is 2. The second-order valence-electron chi connectivity index (χ2n) is 4.69. The number of nitrogens with two attached hydrogens (primary N) is 1. The highest BCUT2D eigenvalue weighted by molar-refractivity contribution is 6.14. The monoisotopic (exact) mass is 345 g/mol. The van der Waals surface area contributed by atoms with Gasteiger partial charge in [-0.2, -0.15) is 0 Å². The van der Waals surface area contributed by atoms with Gasteiger partial charge >= 0.3 is 17.3 Å². The van der Waals surface area contributed by atoms with Gasteiger partial charge in [-0.15, -0.1) is 0 Å². The molecule has 0 amide bonds. The minimum atomic E-state index is -1.06. The number of nitrogens with zero attached hydrogens (tertiary/aromatic N) is 2. The molecule has 0 heterocycles. The van der Waals surface area contributed by atoms with Gasteiger partial charge in [0.2, 0.25) is 5.78 Å². The fraction of sp³-hybridized carbons (Fsp3) is 0.0667. The highest BCUT2D eigenvalue weighted by Crippen LogP contribution is 2.38. The summed E-state index contributed by atoms with van der Waals surface area (Å²) in [4.78, 5) is 44.5. The van der Waals surface area contributed by atoms with Gasteiger partial charge in [-0.25, -0.2) is 0 Å². The van der Waals surface area contributed by atoms with E-state index < -0.39 is 50.8 Å². The number of esters is 1. The Kier molecular flexibility index (Phi) is 5.15. The van der Waals surface area contributed by atoms with Crippen molar-refractivity contribution in [2.45, 2.75) is 0 Å². The van der Waals surface area contributed by atoms with Gasteiger partial charge in [-0.1, -0.05) is 30.3 Å². The van der Waals surface area contributed by atoms with Crippen molar-refractivity contribution in [3.8, 4) is 5.75 Å². The number of nitro groups is 2. The molecule has 2 N–H and O–H groups in total. The molecule has 0 unspecified atom stereocenters. The van der Waals surface area contributed by atoms with E-state index in [1.807, 2.05) is 0 Å². The van der Waals surface area contributed by atoms with Gasteiger partial charge in [0.05, 0.1) is 16.4 Å². The molecule has 0 aliphatic carbocycles. The highest BCUT2D eigenvalue weighted by Gasteiger charge is 2.36. The van der Waals surface area contributed by atoms with Gasteiger partial charge in [0.1, 0.15) is 5.75 Å². The van der Waals surface area contributed by atoms with Crippen LogP contribution in [0.25, 0.3) is 0 Å². The van der Waals surface area contributed by atoms with Crippen molar-refractivity contribution in [2.75, 3.05) is 6.54 Å². The van der Waals surface area contributed by atoms with Crippen LogP contribution in [0.2, 0.25) is 0 Å². The van der Waals surface area contributed by atoms with Crippen molar-refractivity contribution in [2.24, 2.45) is 5.73 Å². The average molecular weight is 345 g/mol. The topological polar surface area (TPSA) is 156 Å². The van der Waals surface area contributed by atoms with Crippen LogP contribution < -0.4 is 10.5 Å². The van der Waals surface area contributed by atoms with Gasteiger partial charge in [-0.3, -0.25) is 29.8 Å². The Morgan fingerprint density at radius 1 is 1.00 bits per heavy atom. The van der Waals surface area contributed by atoms with E-state index in [4.69, 9.17) is 10.5 Å². The van der Waals surface area contributed by atoms with Crippen molar-refractivity contribution >= 4 is 23.1 Å². The molecule has 0 atom stereocenters. The molecule has 0 bridgehead atoms. The molecule has 128 valence electrons. The van der Waals surface area contributed by atoms with Crippen LogP contribution in [-0.2, 0) is 4.79 Å². The molecule has 10 nitrogen and oxygen atoms in total. The Balaban J connectivity index is 2.76. The lowest BCUT2D eigenvalue weighted by molar-refractivity contribution is -0.422. The Bertz CT molecular complexity index is 865. The van der Waals surface area contributed by atoms with Crippen molar-refractivity contribution in [1.29, 1.82) is 0 Å². The second kappa shape index (κ2) is 7.27. The molecule has 2 aromatic carbocycles. The zero-order valence-corrected chi connectivity index (χ0v) is 12.6. The highest BCUT2D eigenvalue weighted by atomic mass is 16.6. The predicted octanol–water partition coefficient (Wildman–Crippen LogP) is 1.60. The van der Waals surface area contributed by atoms with Crippen LogP contribution >= 0.6 is 0 Å². The first kappa shape index (κ1) is 17.7. The Morgan fingerprint density at radius 2 is 1.64 bits per heavy atom. The molecule has 0 fully saturated rings. The molecule has 2 aromatic rings. The average Bonchev–Trinajstić information content (AvgIpc) is 2.60. The first-order valence-corrected chi connectivity index (χ1v) is 6.83. The summed E-state index contributed by atoms with van der Waals surface area (Å²) in [5.74, 6) is -2.32. The summed E-state index contributed by atoms with van der Waals surface area (Å²) >= 11 is 0. The van der Waals surface area contributed by atoms with Gasteiger partial charge in [0.25, 0.3) is 0 Å². The first-order valence-electron chi connectivity index (χ1n) is 6.83. The van der Waals surface area contributed by atoms with Crippen LogP contribution in [0.1, 0.15) is 15.9 Å². The molecule has 25 heavy (non-hydrogen) atoms. The molecular weight excluding hydrogens is 334 g/mol. The van der Waals surface area contributed by atoms with E-state index in [1.165, 1.54) is 24.3 Å². The fourth-order valence-electron chi connectivity index (χ4n) is 2.10. The third-order valence-corrected chi connectivity index (χ3v) is 3.15. The van der Waals surface area contributed by atoms with Crippen molar-refractivity contribution in [3.63, 3.8) is 0 Å². The Hall–Kier alpha value is -3.66. The number of hydrogen-bond donors (Lipinski definition) is 1. The third-order valence-electron chi connectivity index (χ3n) is 3.15. The lowest BCUT2D eigenvalue weighted by Crippen LogP contribution is -2.21. The predicted molar refractivity (Wildman–Crippen MR) is 84.3 cm³/mol. The second-order valence-corrected chi connectivity index (χ2v) is 4.69. The van der Waals surface area contributed by atoms with Gasteiger partial charge in [-0.05, 0) is 6.07 Å². The number of rotatable bonds is 6. The van der Waals surface area contributed by atoms with E-state index in [0.29, 0.717) is 0 Å². The fourth-order valence-corrected chi connectivity index (χ4v) is 2.10. The lowest BCUT2D eigenvalue weighted by atomic mass is 9.99. The van der Waals surface area contributed by atoms with E-state index in [1.54, 1.807) is 6.07 Å². The standard InChI is InChI=1S/C15H11N3O7/c16-8-12(19)25-11-7-6-10(17(21)22)14(18(23)24)13(11)15(20)9-4-2-1-3-5-9/h1-7H,8,16H2. The lowest BCUT2D eigenvalue weighted by Gasteiger charge is -2.09. The molecule has 2 rings (SSSR count). The maximum Gasteiger partial charge on any atom is 0.360 e. The van der Waals surface area contributed by atoms with E-state index in [9.17, 15) is 29.8 Å². The first-order chi connectivity index (χ1) is 11.9. The molecule has 0 aliphatic rings. The summed E-state index contributed by atoms with van der Waals surface area (Å²) in [6.45, 7) is -0.538. The minimum Gasteiger partial charge on any atom is -0.425 e. The molecule has 0 radical (unpaired) electrons. The van der Waals surface area contributed by atoms with Gasteiger partial charge in [0, 0.05) is 11.6 Å². The zero-order chi connectivity index (χ0) is 18.6. The maximum absolute atomic E-state index is 12.7. The number of carbonyl (C=O) groups is 2. The van der Waals surface area contributed by atoms with E-state index in [-0.39, 0.29) is 5.56 Å². The SMILES string of the molecule is NCC(=O)Oc1ccc([N+](=O)[O-])c([N+](=O)[O-])c1C(=O)c1ccccc1. The molecule has 0 aromatic heterocycles. The van der Waals surface area contributed by atoms with E-state index >= 15 is 0 Å². The quantitative estimate of drug-likeness (QED) is 0.272. The normalized spacial score (nSPS) is 10.1. The zero-order valence-electron chi connectivity index (χ0n) is 12.6. The Morgan fingerprint density at radius 3 is 2.16 bits per heavy atom. The molecule has 0 saturated carbocycles. The minimum absolute atomic E-state index is 0.0381. The van der Waals surface area contributed by atoms with Gasteiger partial charge < -0.3 is 10.5 Å². The van der Waals surface area contributed by atoms with Crippen molar-refractivity contribution in [1.82, 2.24) is 0 Å². The van der Waals surface area contributed by atoms with Crippen LogP contribution in [-0.4, -0.2) is 28.1 Å². The van der Waals surface area contributed by atoms with Crippen molar-refractivity contribution < 1.29 is 24.2 Å². The Labute approximate surface area is 140 Å². The molecule has 0 aliphatic heterocycles. The summed E-state index contributed by atoms with van der Waals surface area (Å²) in [5.41, 5.74) is 2.54. The maximum atomic E-state index is 12.7. The number of benzene rings is 2. The van der Waals surface area contributed by atoms with Crippen LogP contribution in [0.15, 0.2) is 42.5 Å². The van der Waals surface area contributed by atoms with Crippen LogP contribution in [0, 0.1) is 20.2 Å². The van der Waals surface area contributed by atoms with Crippen LogP contribution in [0.3, 0.4) is 0 Å². The summed E-state index contributed by atoms with van der Waals surface area (Å²) in [6.07, 6.45) is 0. The number of carbonyl (C=O) groups excluding carboxylic acids is 2. The smallest absolute Gasteiger partial charge is 0.360 e. The molecule has 10 heteroatoms. The number of ether oxygens (including phenoxy) is 1. The summed E-state index contributed by atoms with van der Waals surface area (Å²) in [5, 5.41) is 22.5. The molecule has 0 spiro atoms. The number of hydrogen-bond acceptors (Lipinski definition) is 8. The van der Waals surface area contributed by atoms with Crippen LogP contribution in [0.5, 0.6) is 5.75 Å². The summed E-state index contributed by atoms with van der Waals surface area (Å²) < 4.78 is 4.85. The summed E-state index contributed by atoms with van der Waals surface area (Å²) in [7, 11) is 0. The van der Waals surface area contributed by atoms with Crippen molar-refractivity contribution in [3.05, 3.63) is 73.8 Å². The van der Waals surface area contributed by atoms with E-state index in [0.717, 1.165) is 12.1 Å². The van der Waals surface area contributed by atoms with E-state index in [2.05, 4.69) is 0 Å². The third kappa shape index (κ3) is 3.64. The van der Waals surface area contributed by atoms with Crippen LogP contribution in [0.4, 0.5) is 11.4 Å². The molecular formula is C15H11N3O7.